The van der Waals surface area contributed by atoms with Crippen molar-refractivity contribution in [2.45, 2.75) is 6.61 Å². The van der Waals surface area contributed by atoms with E-state index in [0.29, 0.717) is 16.9 Å². The molecular weight excluding hydrogens is 416 g/mol. The van der Waals surface area contributed by atoms with Crippen LogP contribution < -0.4 is 15.4 Å². The topological polar surface area (TPSA) is 91.2 Å². The zero-order chi connectivity index (χ0) is 22.9. The van der Waals surface area contributed by atoms with Gasteiger partial charge in [0.2, 0.25) is 0 Å². The van der Waals surface area contributed by atoms with E-state index in [9.17, 15) is 18.4 Å². The maximum absolute atomic E-state index is 13.6. The van der Waals surface area contributed by atoms with Gasteiger partial charge in [0.25, 0.3) is 11.8 Å². The highest BCUT2D eigenvalue weighted by atomic mass is 19.1. The van der Waals surface area contributed by atoms with Crippen molar-refractivity contribution in [1.29, 1.82) is 5.26 Å². The Labute approximate surface area is 183 Å². The second-order valence-corrected chi connectivity index (χ2v) is 6.69. The highest BCUT2D eigenvalue weighted by Gasteiger charge is 2.16. The van der Waals surface area contributed by atoms with E-state index < -0.39 is 29.0 Å². The van der Waals surface area contributed by atoms with Gasteiger partial charge in [0.1, 0.15) is 29.6 Å². The van der Waals surface area contributed by atoms with Crippen molar-refractivity contribution in [2.24, 2.45) is 0 Å². The van der Waals surface area contributed by atoms with Gasteiger partial charge >= 0.3 is 0 Å². The molecule has 0 aromatic heterocycles. The van der Waals surface area contributed by atoms with Gasteiger partial charge in [-0.1, -0.05) is 30.3 Å². The molecule has 3 rings (SSSR count). The smallest absolute Gasteiger partial charge is 0.257 e. The predicted molar refractivity (Wildman–Crippen MR) is 113 cm³/mol. The van der Waals surface area contributed by atoms with Crippen LogP contribution in [-0.2, 0) is 6.61 Å². The minimum atomic E-state index is -0.958. The molecule has 3 aromatic carbocycles. The molecule has 2 N–H and O–H groups in total. The molecule has 0 fully saturated rings. The lowest BCUT2D eigenvalue weighted by atomic mass is 10.1. The Kier molecular flexibility index (Phi) is 7.49. The molecule has 0 radical (unpaired) electrons. The number of rotatable bonds is 8. The van der Waals surface area contributed by atoms with Gasteiger partial charge < -0.3 is 15.4 Å². The van der Waals surface area contributed by atoms with Crippen molar-refractivity contribution in [3.8, 4) is 11.8 Å². The standard InChI is InChI=1S/C24H19F2N3O3/c25-20-9-4-10-21(26)22(20)24(31)29-12-11-28-23(30)16-7-3-8-19(13-16)32-15-18-6-2-1-5-17(18)14-27/h1-10,13H,11-12,15H2,(H,28,30)(H,29,31). The summed E-state index contributed by atoms with van der Waals surface area (Å²) in [5, 5.41) is 14.1. The molecule has 0 heterocycles. The highest BCUT2D eigenvalue weighted by molar-refractivity contribution is 5.95. The first-order chi connectivity index (χ1) is 15.5. The second kappa shape index (κ2) is 10.7. The third-order valence-corrected chi connectivity index (χ3v) is 4.51. The summed E-state index contributed by atoms with van der Waals surface area (Å²) < 4.78 is 32.9. The van der Waals surface area contributed by atoms with Gasteiger partial charge in [-0.3, -0.25) is 9.59 Å². The van der Waals surface area contributed by atoms with Gasteiger partial charge in [-0.25, -0.2) is 8.78 Å². The maximum Gasteiger partial charge on any atom is 0.257 e. The number of ether oxygens (including phenoxy) is 1. The van der Waals surface area contributed by atoms with Crippen LogP contribution in [0.1, 0.15) is 31.8 Å². The number of carbonyl (C=O) groups is 2. The van der Waals surface area contributed by atoms with Crippen molar-refractivity contribution in [2.75, 3.05) is 13.1 Å². The second-order valence-electron chi connectivity index (χ2n) is 6.69. The molecule has 0 saturated carbocycles. The van der Waals surface area contributed by atoms with Gasteiger partial charge in [0, 0.05) is 24.2 Å². The van der Waals surface area contributed by atoms with Gasteiger partial charge in [-0.2, -0.15) is 5.26 Å². The van der Waals surface area contributed by atoms with E-state index in [1.54, 1.807) is 42.5 Å². The predicted octanol–water partition coefficient (Wildman–Crippen LogP) is 3.58. The summed E-state index contributed by atoms with van der Waals surface area (Å²) in [4.78, 5) is 24.3. The third kappa shape index (κ3) is 5.67. The van der Waals surface area contributed by atoms with Crippen molar-refractivity contribution in [3.63, 3.8) is 0 Å². The Morgan fingerprint density at radius 3 is 2.25 bits per heavy atom. The van der Waals surface area contributed by atoms with Crippen LogP contribution in [0.3, 0.4) is 0 Å². The van der Waals surface area contributed by atoms with E-state index in [1.165, 1.54) is 6.07 Å². The number of hydrogen-bond donors (Lipinski definition) is 2. The van der Waals surface area contributed by atoms with E-state index in [-0.39, 0.29) is 19.7 Å². The highest BCUT2D eigenvalue weighted by Crippen LogP contribution is 2.17. The molecule has 3 aromatic rings. The molecule has 0 aliphatic rings. The normalized spacial score (nSPS) is 10.2. The largest absolute Gasteiger partial charge is 0.489 e. The molecule has 0 aliphatic carbocycles. The van der Waals surface area contributed by atoms with Crippen molar-refractivity contribution >= 4 is 11.8 Å². The van der Waals surface area contributed by atoms with Gasteiger partial charge in [0.05, 0.1) is 11.6 Å². The van der Waals surface area contributed by atoms with Crippen LogP contribution in [0.4, 0.5) is 8.78 Å². The lowest BCUT2D eigenvalue weighted by Crippen LogP contribution is -2.35. The number of hydrogen-bond acceptors (Lipinski definition) is 4. The molecule has 0 bridgehead atoms. The molecule has 0 aliphatic heterocycles. The van der Waals surface area contributed by atoms with Crippen LogP contribution in [0.25, 0.3) is 0 Å². The molecule has 2 amide bonds. The molecule has 8 heteroatoms. The van der Waals surface area contributed by atoms with Crippen LogP contribution in [0.5, 0.6) is 5.75 Å². The molecule has 0 unspecified atom stereocenters. The molecule has 32 heavy (non-hydrogen) atoms. The summed E-state index contributed by atoms with van der Waals surface area (Å²) in [5.41, 5.74) is 0.912. The maximum atomic E-state index is 13.6. The molecular formula is C24H19F2N3O3. The van der Waals surface area contributed by atoms with Crippen molar-refractivity contribution < 1.29 is 23.1 Å². The Morgan fingerprint density at radius 2 is 1.53 bits per heavy atom. The SMILES string of the molecule is N#Cc1ccccc1COc1cccc(C(=O)NCCNC(=O)c2c(F)cccc2F)c1. The van der Waals surface area contributed by atoms with E-state index >= 15 is 0 Å². The van der Waals surface area contributed by atoms with Crippen LogP contribution in [0, 0.1) is 23.0 Å². The van der Waals surface area contributed by atoms with E-state index in [2.05, 4.69) is 16.7 Å². The Morgan fingerprint density at radius 1 is 0.875 bits per heavy atom. The quantitative estimate of drug-likeness (QED) is 0.529. The molecule has 162 valence electrons. The van der Waals surface area contributed by atoms with Crippen LogP contribution >= 0.6 is 0 Å². The van der Waals surface area contributed by atoms with Crippen molar-refractivity contribution in [3.05, 3.63) is 101 Å². The first kappa shape index (κ1) is 22.4. The fourth-order valence-electron chi connectivity index (χ4n) is 2.90. The molecule has 0 atom stereocenters. The lowest BCUT2D eigenvalue weighted by Gasteiger charge is -2.10. The van der Waals surface area contributed by atoms with E-state index in [0.717, 1.165) is 17.7 Å². The fourth-order valence-corrected chi connectivity index (χ4v) is 2.90. The Balaban J connectivity index is 1.50. The van der Waals surface area contributed by atoms with Gasteiger partial charge in [-0.15, -0.1) is 0 Å². The number of nitrogens with one attached hydrogen (secondary N) is 2. The van der Waals surface area contributed by atoms with Crippen molar-refractivity contribution in [1.82, 2.24) is 10.6 Å². The van der Waals surface area contributed by atoms with E-state index in [1.807, 2.05) is 6.07 Å². The molecule has 0 saturated heterocycles. The third-order valence-electron chi connectivity index (χ3n) is 4.51. The Bertz CT molecular complexity index is 1150. The average Bonchev–Trinajstić information content (AvgIpc) is 2.80. The number of halogens is 2. The summed E-state index contributed by atoms with van der Waals surface area (Å²) in [6.45, 7) is 0.216. The zero-order valence-corrected chi connectivity index (χ0v) is 16.9. The monoisotopic (exact) mass is 435 g/mol. The molecule has 0 spiro atoms. The molecule has 6 nitrogen and oxygen atoms in total. The van der Waals surface area contributed by atoms with Gasteiger partial charge in [-0.05, 0) is 36.4 Å². The average molecular weight is 435 g/mol. The number of carbonyl (C=O) groups excluding carboxylic acids is 2. The minimum Gasteiger partial charge on any atom is -0.489 e. The minimum absolute atomic E-state index is 0.0144. The summed E-state index contributed by atoms with van der Waals surface area (Å²) in [6.07, 6.45) is 0. The first-order valence-electron chi connectivity index (χ1n) is 9.71. The summed E-state index contributed by atoms with van der Waals surface area (Å²) in [7, 11) is 0. The summed E-state index contributed by atoms with van der Waals surface area (Å²) in [5.74, 6) is -2.77. The number of nitrogens with zero attached hydrogens (tertiary/aromatic N) is 1. The Hall–Kier alpha value is -4.25. The van der Waals surface area contributed by atoms with Crippen LogP contribution in [-0.4, -0.2) is 24.9 Å². The number of benzene rings is 3. The number of amides is 2. The van der Waals surface area contributed by atoms with Crippen LogP contribution in [0.2, 0.25) is 0 Å². The first-order valence-corrected chi connectivity index (χ1v) is 9.71. The van der Waals surface area contributed by atoms with E-state index in [4.69, 9.17) is 10.00 Å². The van der Waals surface area contributed by atoms with Gasteiger partial charge in [0.15, 0.2) is 0 Å². The summed E-state index contributed by atoms with van der Waals surface area (Å²) >= 11 is 0. The van der Waals surface area contributed by atoms with Crippen LogP contribution in [0.15, 0.2) is 66.7 Å². The summed E-state index contributed by atoms with van der Waals surface area (Å²) in [6, 6.07) is 18.8. The number of nitriles is 1. The zero-order valence-electron chi connectivity index (χ0n) is 16.9. The fraction of sp³-hybridized carbons (Fsp3) is 0.125. The lowest BCUT2D eigenvalue weighted by molar-refractivity contribution is 0.0922.